The maximum atomic E-state index is 11.8. The highest BCUT2D eigenvalue weighted by Gasteiger charge is 2.32. The maximum Gasteiger partial charge on any atom is 0.211 e. The monoisotopic (exact) mass is 262 g/mol. The maximum absolute atomic E-state index is 11.8. The van der Waals surface area contributed by atoms with Crippen LogP contribution in [0.3, 0.4) is 0 Å². The van der Waals surface area contributed by atoms with Gasteiger partial charge in [-0.15, -0.1) is 0 Å². The second kappa shape index (κ2) is 6.71. The number of nitrogens with one attached hydrogen (secondary N) is 1. The fourth-order valence-corrected chi connectivity index (χ4v) is 3.81. The van der Waals surface area contributed by atoms with E-state index in [-0.39, 0.29) is 11.2 Å². The molecule has 0 spiro atoms. The van der Waals surface area contributed by atoms with Gasteiger partial charge < -0.3 is 5.73 Å². The van der Waals surface area contributed by atoms with Crippen LogP contribution >= 0.6 is 0 Å². The van der Waals surface area contributed by atoms with Crippen molar-refractivity contribution in [3.63, 3.8) is 0 Å². The summed E-state index contributed by atoms with van der Waals surface area (Å²) >= 11 is 0. The van der Waals surface area contributed by atoms with Crippen LogP contribution in [0.15, 0.2) is 0 Å². The first kappa shape index (κ1) is 14.9. The SMILES string of the molecule is CCC1(CNS(=O)(=O)CCCCN)CCCC1. The molecule has 17 heavy (non-hydrogen) atoms. The second-order valence-electron chi connectivity index (χ2n) is 5.20. The van der Waals surface area contributed by atoms with E-state index < -0.39 is 10.0 Å². The third-order valence-corrected chi connectivity index (χ3v) is 5.36. The number of hydrogen-bond acceptors (Lipinski definition) is 3. The van der Waals surface area contributed by atoms with Crippen LogP contribution < -0.4 is 10.5 Å². The van der Waals surface area contributed by atoms with Crippen LogP contribution in [-0.4, -0.2) is 27.3 Å². The van der Waals surface area contributed by atoms with Crippen molar-refractivity contribution in [2.24, 2.45) is 11.1 Å². The number of unbranched alkanes of at least 4 members (excludes halogenated alkanes) is 1. The van der Waals surface area contributed by atoms with Crippen molar-refractivity contribution in [2.45, 2.75) is 51.9 Å². The third-order valence-electron chi connectivity index (χ3n) is 3.95. The zero-order chi connectivity index (χ0) is 12.8. The van der Waals surface area contributed by atoms with Gasteiger partial charge in [0.05, 0.1) is 5.75 Å². The van der Waals surface area contributed by atoms with Crippen LogP contribution in [0.2, 0.25) is 0 Å². The highest BCUT2D eigenvalue weighted by atomic mass is 32.2. The van der Waals surface area contributed by atoms with E-state index in [4.69, 9.17) is 5.73 Å². The van der Waals surface area contributed by atoms with Gasteiger partial charge in [-0.25, -0.2) is 13.1 Å². The summed E-state index contributed by atoms with van der Waals surface area (Å²) in [5.41, 5.74) is 5.58. The van der Waals surface area contributed by atoms with Gasteiger partial charge >= 0.3 is 0 Å². The average molecular weight is 262 g/mol. The number of rotatable bonds is 8. The molecule has 0 aromatic carbocycles. The van der Waals surface area contributed by atoms with Crippen molar-refractivity contribution < 1.29 is 8.42 Å². The molecule has 0 unspecified atom stereocenters. The van der Waals surface area contributed by atoms with Crippen molar-refractivity contribution in [1.29, 1.82) is 0 Å². The number of sulfonamides is 1. The molecule has 102 valence electrons. The Morgan fingerprint density at radius 3 is 2.41 bits per heavy atom. The first-order valence-corrected chi connectivity index (χ1v) is 8.36. The molecule has 0 amide bonds. The lowest BCUT2D eigenvalue weighted by atomic mass is 9.84. The Kier molecular flexibility index (Phi) is 5.89. The molecular weight excluding hydrogens is 236 g/mol. The van der Waals surface area contributed by atoms with E-state index in [9.17, 15) is 8.42 Å². The van der Waals surface area contributed by atoms with E-state index in [1.807, 2.05) is 0 Å². The molecule has 0 aromatic rings. The summed E-state index contributed by atoms with van der Waals surface area (Å²) in [6.07, 6.45) is 7.30. The minimum atomic E-state index is -3.10. The molecule has 1 fully saturated rings. The van der Waals surface area contributed by atoms with Crippen molar-refractivity contribution >= 4 is 10.0 Å². The predicted octanol–water partition coefficient (Wildman–Crippen LogP) is 1.62. The van der Waals surface area contributed by atoms with Gasteiger partial charge in [-0.1, -0.05) is 19.8 Å². The van der Waals surface area contributed by atoms with E-state index >= 15 is 0 Å². The lowest BCUT2D eigenvalue weighted by molar-refractivity contribution is 0.285. The minimum Gasteiger partial charge on any atom is -0.330 e. The minimum absolute atomic E-state index is 0.212. The van der Waals surface area contributed by atoms with Crippen LogP contribution in [0.25, 0.3) is 0 Å². The van der Waals surface area contributed by atoms with Crippen molar-refractivity contribution in [1.82, 2.24) is 4.72 Å². The summed E-state index contributed by atoms with van der Waals surface area (Å²) in [5.74, 6) is 0.212. The Labute approximate surface area is 105 Å². The number of nitrogens with two attached hydrogens (primary N) is 1. The molecule has 0 aliphatic heterocycles. The Bertz CT molecular complexity index is 308. The highest BCUT2D eigenvalue weighted by molar-refractivity contribution is 7.89. The molecule has 0 radical (unpaired) electrons. The molecule has 0 bridgehead atoms. The molecule has 0 aromatic heterocycles. The predicted molar refractivity (Wildman–Crippen MR) is 71.3 cm³/mol. The van der Waals surface area contributed by atoms with Gasteiger partial charge in [0.2, 0.25) is 10.0 Å². The Balaban J connectivity index is 2.37. The molecule has 0 saturated heterocycles. The van der Waals surface area contributed by atoms with Gasteiger partial charge in [0.1, 0.15) is 0 Å². The molecule has 1 rings (SSSR count). The zero-order valence-corrected chi connectivity index (χ0v) is 11.7. The van der Waals surface area contributed by atoms with E-state index in [0.29, 0.717) is 19.5 Å². The quantitative estimate of drug-likeness (QED) is 0.653. The second-order valence-corrected chi connectivity index (χ2v) is 7.12. The van der Waals surface area contributed by atoms with Gasteiger partial charge in [0.15, 0.2) is 0 Å². The van der Waals surface area contributed by atoms with Crippen molar-refractivity contribution in [2.75, 3.05) is 18.8 Å². The number of hydrogen-bond donors (Lipinski definition) is 2. The van der Waals surface area contributed by atoms with E-state index in [2.05, 4.69) is 11.6 Å². The van der Waals surface area contributed by atoms with Crippen molar-refractivity contribution in [3.8, 4) is 0 Å². The molecule has 4 nitrogen and oxygen atoms in total. The van der Waals surface area contributed by atoms with Crippen LogP contribution in [-0.2, 0) is 10.0 Å². The van der Waals surface area contributed by atoms with Gasteiger partial charge in [-0.2, -0.15) is 0 Å². The molecule has 1 saturated carbocycles. The summed E-state index contributed by atoms with van der Waals surface area (Å²) in [5, 5.41) is 0. The summed E-state index contributed by atoms with van der Waals surface area (Å²) in [6.45, 7) is 3.34. The van der Waals surface area contributed by atoms with E-state index in [0.717, 1.165) is 25.7 Å². The molecule has 5 heteroatoms. The van der Waals surface area contributed by atoms with Crippen LogP contribution in [0.5, 0.6) is 0 Å². The largest absolute Gasteiger partial charge is 0.330 e. The molecule has 1 aliphatic rings. The fourth-order valence-electron chi connectivity index (χ4n) is 2.55. The van der Waals surface area contributed by atoms with Crippen molar-refractivity contribution in [3.05, 3.63) is 0 Å². The van der Waals surface area contributed by atoms with Crippen LogP contribution in [0.1, 0.15) is 51.9 Å². The van der Waals surface area contributed by atoms with Crippen LogP contribution in [0.4, 0.5) is 0 Å². The Hall–Kier alpha value is -0.130. The lowest BCUT2D eigenvalue weighted by Crippen LogP contribution is -2.36. The van der Waals surface area contributed by atoms with Gasteiger partial charge in [0.25, 0.3) is 0 Å². The summed E-state index contributed by atoms with van der Waals surface area (Å²) in [4.78, 5) is 0. The summed E-state index contributed by atoms with van der Waals surface area (Å²) < 4.78 is 26.3. The third kappa shape index (κ3) is 4.94. The molecule has 0 atom stereocenters. The van der Waals surface area contributed by atoms with Crippen LogP contribution in [0, 0.1) is 5.41 Å². The molecule has 0 heterocycles. The van der Waals surface area contributed by atoms with Gasteiger partial charge in [-0.3, -0.25) is 0 Å². The van der Waals surface area contributed by atoms with Gasteiger partial charge in [-0.05, 0) is 44.1 Å². The van der Waals surface area contributed by atoms with E-state index in [1.165, 1.54) is 12.8 Å². The highest BCUT2D eigenvalue weighted by Crippen LogP contribution is 2.40. The normalized spacial score (nSPS) is 19.6. The Morgan fingerprint density at radius 1 is 1.24 bits per heavy atom. The summed E-state index contributed by atoms with van der Waals surface area (Å²) in [6, 6.07) is 0. The van der Waals surface area contributed by atoms with E-state index in [1.54, 1.807) is 0 Å². The summed E-state index contributed by atoms with van der Waals surface area (Å²) in [7, 11) is -3.10. The molecular formula is C12H26N2O2S. The zero-order valence-electron chi connectivity index (χ0n) is 10.9. The Morgan fingerprint density at radius 2 is 1.88 bits per heavy atom. The molecule has 3 N–H and O–H groups in total. The smallest absolute Gasteiger partial charge is 0.211 e. The standard InChI is InChI=1S/C12H26N2O2S/c1-2-12(7-3-4-8-12)11-14-17(15,16)10-6-5-9-13/h14H,2-11,13H2,1H3. The average Bonchev–Trinajstić information content (AvgIpc) is 2.76. The first-order chi connectivity index (χ1) is 8.04. The van der Waals surface area contributed by atoms with Gasteiger partial charge in [0, 0.05) is 6.54 Å². The fraction of sp³-hybridized carbons (Fsp3) is 1.00. The topological polar surface area (TPSA) is 72.2 Å². The molecule has 1 aliphatic carbocycles. The first-order valence-electron chi connectivity index (χ1n) is 6.71. The lowest BCUT2D eigenvalue weighted by Gasteiger charge is -2.27.